The van der Waals surface area contributed by atoms with Crippen LogP contribution in [0.2, 0.25) is 0 Å². The molecule has 0 atom stereocenters. The maximum absolute atomic E-state index is 11.1. The van der Waals surface area contributed by atoms with Gasteiger partial charge in [-0.25, -0.2) is 9.69 Å². The average molecular weight is 272 g/mol. The van der Waals surface area contributed by atoms with Crippen LogP contribution in [-0.4, -0.2) is 28.7 Å². The van der Waals surface area contributed by atoms with Crippen LogP contribution in [0.4, 0.5) is 4.79 Å². The van der Waals surface area contributed by atoms with Gasteiger partial charge in [0.15, 0.2) is 6.16 Å². The number of amides is 2. The van der Waals surface area contributed by atoms with Crippen molar-refractivity contribution in [2.24, 2.45) is 0 Å². The van der Waals surface area contributed by atoms with Crippen molar-refractivity contribution in [1.29, 1.82) is 0 Å². The number of ether oxygens (including phenoxy) is 1. The minimum absolute atomic E-state index is 0.307. The zero-order valence-corrected chi connectivity index (χ0v) is 11.4. The molecule has 0 aromatic carbocycles. The molecule has 0 aliphatic carbocycles. The number of carbonyl (C=O) groups is 2. The summed E-state index contributed by atoms with van der Waals surface area (Å²) in [4.78, 5) is 31.4. The van der Waals surface area contributed by atoms with Gasteiger partial charge in [0.2, 0.25) is 0 Å². The number of thiol groups is 2. The summed E-state index contributed by atoms with van der Waals surface area (Å²) in [5.74, 6) is -3.47. The summed E-state index contributed by atoms with van der Waals surface area (Å²) in [6.45, 7) is 5.03. The summed E-state index contributed by atoms with van der Waals surface area (Å²) >= 11 is 7.44. The smallest absolute Gasteiger partial charge is 0.414 e. The molecule has 0 fully saturated rings. The molecule has 5 nitrogen and oxygen atoms in total. The molecule has 0 heterocycles. The van der Waals surface area contributed by atoms with Crippen LogP contribution in [0.25, 0.3) is 0 Å². The number of hydrogen-bond acceptors (Lipinski definition) is 6. The van der Waals surface area contributed by atoms with E-state index in [1.165, 1.54) is 0 Å². The fraction of sp³-hybridized carbons (Fsp3) is 0.714. The van der Waals surface area contributed by atoms with Crippen LogP contribution in [0.3, 0.4) is 0 Å². The molecule has 8 heteroatoms. The Bertz CT molecular complexity index is 233. The molecule has 0 rings (SSSR count). The van der Waals surface area contributed by atoms with Crippen LogP contribution < -0.4 is 5.32 Å². The summed E-state index contributed by atoms with van der Waals surface area (Å²) in [7, 11) is 0. The SMILES string of the molecule is CC(C)(C)OC(=O)NC(=O)C[P+](O)(S)S. The van der Waals surface area contributed by atoms with Crippen molar-refractivity contribution < 1.29 is 19.2 Å². The van der Waals surface area contributed by atoms with Gasteiger partial charge in [0, 0.05) is 24.5 Å². The fourth-order valence-electron chi connectivity index (χ4n) is 0.650. The first kappa shape index (κ1) is 15.0. The molecule has 0 saturated carbocycles. The van der Waals surface area contributed by atoms with Crippen molar-refractivity contribution >= 4 is 42.4 Å². The lowest BCUT2D eigenvalue weighted by Gasteiger charge is -2.19. The lowest BCUT2D eigenvalue weighted by Crippen LogP contribution is -2.37. The Kier molecular flexibility index (Phi) is 5.40. The van der Waals surface area contributed by atoms with Crippen molar-refractivity contribution in [3.05, 3.63) is 0 Å². The molecule has 0 saturated heterocycles. The van der Waals surface area contributed by atoms with Gasteiger partial charge in [0.25, 0.3) is 11.8 Å². The molecule has 0 aliphatic rings. The van der Waals surface area contributed by atoms with E-state index < -0.39 is 23.5 Å². The van der Waals surface area contributed by atoms with Crippen LogP contribution in [0.15, 0.2) is 0 Å². The van der Waals surface area contributed by atoms with Gasteiger partial charge in [-0.3, -0.25) is 10.1 Å². The van der Waals surface area contributed by atoms with Crippen molar-refractivity contribution in [1.82, 2.24) is 5.32 Å². The van der Waals surface area contributed by atoms with Crippen molar-refractivity contribution in [3.63, 3.8) is 0 Å². The highest BCUT2D eigenvalue weighted by Gasteiger charge is 2.31. The summed E-state index contributed by atoms with van der Waals surface area (Å²) in [6.07, 6.45) is -1.15. The second kappa shape index (κ2) is 5.39. The standard InChI is InChI=1S/C7H14NO4PS2/c1-7(2,3)12-6(10)8-5(9)4-13(11,14)15/h11,14-15H,4H2,1-3H3/p+1. The van der Waals surface area contributed by atoms with E-state index in [0.717, 1.165) is 0 Å². The zero-order valence-electron chi connectivity index (χ0n) is 8.72. The quantitative estimate of drug-likeness (QED) is 0.455. The third-order valence-electron chi connectivity index (χ3n) is 0.996. The number of carbonyl (C=O) groups excluding carboxylic acids is 2. The number of alkyl carbamates (subject to hydrolysis) is 1. The second-order valence-electron chi connectivity index (χ2n) is 3.90. The van der Waals surface area contributed by atoms with E-state index in [0.29, 0.717) is 0 Å². The Morgan fingerprint density at radius 1 is 1.40 bits per heavy atom. The maximum atomic E-state index is 11.1. The normalized spacial score (nSPS) is 12.1. The van der Waals surface area contributed by atoms with Crippen LogP contribution in [0, 0.1) is 0 Å². The maximum Gasteiger partial charge on any atom is 0.414 e. The fourth-order valence-corrected chi connectivity index (χ4v) is 1.88. The molecule has 0 unspecified atom stereocenters. The number of hydrogen-bond donors (Lipinski definition) is 4. The highest BCUT2D eigenvalue weighted by Crippen LogP contribution is 2.63. The molecule has 0 aromatic heterocycles. The monoisotopic (exact) mass is 272 g/mol. The molecule has 0 aromatic rings. The topological polar surface area (TPSA) is 75.6 Å². The molecule has 88 valence electrons. The number of rotatable bonds is 2. The van der Waals surface area contributed by atoms with Gasteiger partial charge in [0.1, 0.15) is 5.60 Å². The highest BCUT2D eigenvalue weighted by atomic mass is 33.1. The lowest BCUT2D eigenvalue weighted by atomic mass is 10.2. The third-order valence-corrected chi connectivity index (χ3v) is 2.56. The molecule has 0 radical (unpaired) electrons. The molecular weight excluding hydrogens is 257 g/mol. The van der Waals surface area contributed by atoms with Gasteiger partial charge < -0.3 is 4.74 Å². The zero-order chi connectivity index (χ0) is 12.3. The van der Waals surface area contributed by atoms with Crippen LogP contribution in [0.1, 0.15) is 20.8 Å². The van der Waals surface area contributed by atoms with E-state index in [1.807, 2.05) is 5.32 Å². The molecule has 0 aliphatic heterocycles. The largest absolute Gasteiger partial charge is 0.444 e. The Morgan fingerprint density at radius 2 is 1.87 bits per heavy atom. The second-order valence-corrected chi connectivity index (χ2v) is 10.5. The van der Waals surface area contributed by atoms with Gasteiger partial charge in [-0.05, 0) is 20.8 Å². The van der Waals surface area contributed by atoms with E-state index in [2.05, 4.69) is 24.5 Å². The van der Waals surface area contributed by atoms with E-state index in [-0.39, 0.29) is 6.16 Å². The summed E-state index contributed by atoms with van der Waals surface area (Å²) in [6, 6.07) is 0. The van der Waals surface area contributed by atoms with Crippen LogP contribution in [-0.2, 0) is 9.53 Å². The van der Waals surface area contributed by atoms with Crippen molar-refractivity contribution in [3.8, 4) is 0 Å². The molecule has 2 N–H and O–H groups in total. The van der Waals surface area contributed by atoms with Crippen LogP contribution in [0.5, 0.6) is 0 Å². The third kappa shape index (κ3) is 10.3. The average Bonchev–Trinajstić information content (AvgIpc) is 1.73. The summed E-state index contributed by atoms with van der Waals surface area (Å²) < 4.78 is 4.83. The predicted octanol–water partition coefficient (Wildman–Crippen LogP) is 1.65. The van der Waals surface area contributed by atoms with E-state index in [1.54, 1.807) is 20.8 Å². The summed E-state index contributed by atoms with van der Waals surface area (Å²) in [5.41, 5.74) is -0.669. The van der Waals surface area contributed by atoms with Gasteiger partial charge in [-0.15, -0.1) is 0 Å². The van der Waals surface area contributed by atoms with Gasteiger partial charge >= 0.3 is 6.09 Å². The van der Waals surface area contributed by atoms with Gasteiger partial charge in [-0.2, -0.15) is 0 Å². The van der Waals surface area contributed by atoms with Gasteiger partial charge in [0.05, 0.1) is 0 Å². The minimum Gasteiger partial charge on any atom is -0.444 e. The van der Waals surface area contributed by atoms with E-state index in [9.17, 15) is 9.59 Å². The first-order chi connectivity index (χ1) is 6.49. The Labute approximate surface area is 99.7 Å². The Morgan fingerprint density at radius 3 is 2.20 bits per heavy atom. The van der Waals surface area contributed by atoms with Crippen molar-refractivity contribution in [2.75, 3.05) is 6.16 Å². The molecule has 2 amide bonds. The first-order valence-corrected chi connectivity index (χ1v) is 8.32. The highest BCUT2D eigenvalue weighted by molar-refractivity contribution is 8.83. The van der Waals surface area contributed by atoms with E-state index >= 15 is 0 Å². The van der Waals surface area contributed by atoms with Crippen LogP contribution >= 0.6 is 30.4 Å². The molecule has 15 heavy (non-hydrogen) atoms. The molecule has 0 spiro atoms. The summed E-state index contributed by atoms with van der Waals surface area (Å²) in [5, 5.41) is 1.96. The molecular formula is C7H15NO4PS2+. The lowest BCUT2D eigenvalue weighted by molar-refractivity contribution is -0.118. The Balaban J connectivity index is 4.04. The minimum atomic E-state index is -2.81. The molecule has 0 bridgehead atoms. The predicted molar refractivity (Wildman–Crippen MR) is 66.4 cm³/mol. The number of imide groups is 1. The Hall–Kier alpha value is 0.0300. The number of nitrogens with one attached hydrogen (secondary N) is 1. The van der Waals surface area contributed by atoms with Gasteiger partial charge in [-0.1, -0.05) is 0 Å². The van der Waals surface area contributed by atoms with Crippen molar-refractivity contribution in [2.45, 2.75) is 26.4 Å². The van der Waals surface area contributed by atoms with E-state index in [4.69, 9.17) is 9.63 Å². The first-order valence-electron chi connectivity index (χ1n) is 4.09.